The molecule has 0 heterocycles. The van der Waals surface area contributed by atoms with Gasteiger partial charge in [0.05, 0.1) is 7.11 Å². The van der Waals surface area contributed by atoms with Crippen molar-refractivity contribution in [1.29, 1.82) is 0 Å². The lowest BCUT2D eigenvalue weighted by Gasteiger charge is -2.18. The largest absolute Gasteiger partial charge is 0.497 e. The van der Waals surface area contributed by atoms with E-state index in [-0.39, 0.29) is 12.5 Å². The zero-order valence-electron chi connectivity index (χ0n) is 12.3. The van der Waals surface area contributed by atoms with Gasteiger partial charge in [0.2, 0.25) is 0 Å². The van der Waals surface area contributed by atoms with Crippen LogP contribution in [-0.2, 0) is 9.53 Å². The van der Waals surface area contributed by atoms with Crippen LogP contribution in [0.15, 0.2) is 29.3 Å². The van der Waals surface area contributed by atoms with Gasteiger partial charge in [-0.2, -0.15) is 0 Å². The van der Waals surface area contributed by atoms with Gasteiger partial charge < -0.3 is 20.5 Å². The lowest BCUT2D eigenvalue weighted by Crippen LogP contribution is -2.28. The van der Waals surface area contributed by atoms with Crippen LogP contribution in [0.25, 0.3) is 0 Å². The summed E-state index contributed by atoms with van der Waals surface area (Å²) in [7, 11) is 1.60. The first kappa shape index (κ1) is 15.8. The van der Waals surface area contributed by atoms with Gasteiger partial charge in [-0.15, -0.1) is 0 Å². The Bertz CT molecular complexity index is 475. The van der Waals surface area contributed by atoms with Crippen molar-refractivity contribution >= 4 is 17.6 Å². The van der Waals surface area contributed by atoms with Gasteiger partial charge in [-0.25, -0.2) is 4.99 Å². The third-order valence-corrected chi connectivity index (χ3v) is 2.16. The predicted octanol–water partition coefficient (Wildman–Crippen LogP) is 1.76. The maximum absolute atomic E-state index is 11.5. The molecule has 6 heteroatoms. The van der Waals surface area contributed by atoms with E-state index in [1.54, 1.807) is 52.1 Å². The number of nitrogens with one attached hydrogen (secondary N) is 1. The van der Waals surface area contributed by atoms with Crippen LogP contribution in [0.2, 0.25) is 0 Å². The highest BCUT2D eigenvalue weighted by Crippen LogP contribution is 2.14. The molecule has 20 heavy (non-hydrogen) atoms. The smallest absolute Gasteiger partial charge is 0.328 e. The number of methoxy groups -OCH3 is 1. The number of rotatable bonds is 4. The average Bonchev–Trinajstić information content (AvgIpc) is 2.35. The minimum absolute atomic E-state index is 0.119. The Morgan fingerprint density at radius 2 is 1.90 bits per heavy atom. The van der Waals surface area contributed by atoms with E-state index >= 15 is 0 Å². The molecule has 0 fully saturated rings. The molecule has 1 rings (SSSR count). The number of hydrogen-bond acceptors (Lipinski definition) is 4. The Hall–Kier alpha value is -2.24. The molecule has 0 unspecified atom stereocenters. The summed E-state index contributed by atoms with van der Waals surface area (Å²) in [6, 6.07) is 7.19. The summed E-state index contributed by atoms with van der Waals surface area (Å²) < 4.78 is 10.2. The van der Waals surface area contributed by atoms with Gasteiger partial charge in [-0.05, 0) is 45.0 Å². The molecule has 0 amide bonds. The number of esters is 1. The Balaban J connectivity index is 2.50. The van der Waals surface area contributed by atoms with E-state index in [9.17, 15) is 4.79 Å². The fraction of sp³-hybridized carbons (Fsp3) is 0.429. The topological polar surface area (TPSA) is 85.9 Å². The predicted molar refractivity (Wildman–Crippen MR) is 79.0 cm³/mol. The van der Waals surface area contributed by atoms with Crippen molar-refractivity contribution in [3.63, 3.8) is 0 Å². The SMILES string of the molecule is COc1ccc(NC(N)=NCC(=O)OC(C)(C)C)cc1. The van der Waals surface area contributed by atoms with Crippen molar-refractivity contribution in [3.8, 4) is 5.75 Å². The van der Waals surface area contributed by atoms with Crippen LogP contribution in [0, 0.1) is 0 Å². The molecule has 0 aliphatic heterocycles. The summed E-state index contributed by atoms with van der Waals surface area (Å²) in [6.45, 7) is 5.28. The molecule has 110 valence electrons. The minimum atomic E-state index is -0.523. The first-order valence-corrected chi connectivity index (χ1v) is 6.23. The van der Waals surface area contributed by atoms with Gasteiger partial charge in [0.25, 0.3) is 0 Å². The lowest BCUT2D eigenvalue weighted by molar-refractivity contribution is -0.152. The number of hydrogen-bond donors (Lipinski definition) is 2. The summed E-state index contributed by atoms with van der Waals surface area (Å²) >= 11 is 0. The molecule has 0 radical (unpaired) electrons. The summed E-state index contributed by atoms with van der Waals surface area (Å²) in [5.74, 6) is 0.484. The monoisotopic (exact) mass is 279 g/mol. The fourth-order valence-corrected chi connectivity index (χ4v) is 1.39. The van der Waals surface area contributed by atoms with Gasteiger partial charge in [0, 0.05) is 5.69 Å². The number of ether oxygens (including phenoxy) is 2. The van der Waals surface area contributed by atoms with Crippen LogP contribution in [0.3, 0.4) is 0 Å². The quantitative estimate of drug-likeness (QED) is 0.498. The van der Waals surface area contributed by atoms with E-state index in [0.29, 0.717) is 0 Å². The molecule has 3 N–H and O–H groups in total. The first-order chi connectivity index (χ1) is 9.30. The first-order valence-electron chi connectivity index (χ1n) is 6.23. The molecule has 0 spiro atoms. The zero-order chi connectivity index (χ0) is 15.2. The number of benzene rings is 1. The maximum atomic E-state index is 11.5. The highest BCUT2D eigenvalue weighted by atomic mass is 16.6. The molecule has 0 saturated heterocycles. The summed E-state index contributed by atoms with van der Waals surface area (Å²) in [5.41, 5.74) is 5.93. The molecular weight excluding hydrogens is 258 g/mol. The van der Waals surface area contributed by atoms with Gasteiger partial charge in [-0.3, -0.25) is 4.79 Å². The number of carbonyl (C=O) groups excluding carboxylic acids is 1. The Kier molecular flexibility index (Phi) is 5.37. The highest BCUT2D eigenvalue weighted by molar-refractivity contribution is 5.93. The van der Waals surface area contributed by atoms with Crippen molar-refractivity contribution < 1.29 is 14.3 Å². The van der Waals surface area contributed by atoms with E-state index in [1.165, 1.54) is 0 Å². The van der Waals surface area contributed by atoms with Crippen LogP contribution in [0.4, 0.5) is 5.69 Å². The van der Waals surface area contributed by atoms with E-state index in [1.807, 2.05) is 0 Å². The normalized spacial score (nSPS) is 11.9. The van der Waals surface area contributed by atoms with Gasteiger partial charge in [0.1, 0.15) is 17.9 Å². The molecule has 0 saturated carbocycles. The second kappa shape index (κ2) is 6.79. The van der Waals surface area contributed by atoms with E-state index in [0.717, 1.165) is 11.4 Å². The molecule has 1 aromatic rings. The average molecular weight is 279 g/mol. The number of nitrogens with zero attached hydrogens (tertiary/aromatic N) is 1. The fourth-order valence-electron chi connectivity index (χ4n) is 1.39. The Morgan fingerprint density at radius 1 is 1.30 bits per heavy atom. The van der Waals surface area contributed by atoms with Gasteiger partial charge in [-0.1, -0.05) is 0 Å². The molecule has 0 atom stereocenters. The Labute approximate surface area is 119 Å². The zero-order valence-corrected chi connectivity index (χ0v) is 12.3. The summed E-state index contributed by atoms with van der Waals surface area (Å²) in [4.78, 5) is 15.4. The molecule has 0 aliphatic rings. The van der Waals surface area contributed by atoms with Crippen molar-refractivity contribution in [1.82, 2.24) is 0 Å². The van der Waals surface area contributed by atoms with Crippen molar-refractivity contribution in [2.45, 2.75) is 26.4 Å². The van der Waals surface area contributed by atoms with Gasteiger partial charge in [0.15, 0.2) is 5.96 Å². The molecular formula is C14H21N3O3. The highest BCUT2D eigenvalue weighted by Gasteiger charge is 2.15. The standard InChI is InChI=1S/C14H21N3O3/c1-14(2,3)20-12(18)9-16-13(15)17-10-5-7-11(19-4)8-6-10/h5-8H,9H2,1-4H3,(H3,15,16,17). The second-order valence-electron chi connectivity index (χ2n) is 5.14. The number of anilines is 1. The summed E-state index contributed by atoms with van der Waals surface area (Å²) in [6.07, 6.45) is 0. The number of aliphatic imine (C=N–C) groups is 1. The van der Waals surface area contributed by atoms with Crippen molar-refractivity contribution in [2.75, 3.05) is 19.0 Å². The molecule has 1 aromatic carbocycles. The van der Waals surface area contributed by atoms with Crippen molar-refractivity contribution in [2.24, 2.45) is 10.7 Å². The van der Waals surface area contributed by atoms with E-state index < -0.39 is 11.6 Å². The van der Waals surface area contributed by atoms with Crippen LogP contribution < -0.4 is 15.8 Å². The van der Waals surface area contributed by atoms with Gasteiger partial charge >= 0.3 is 5.97 Å². The lowest BCUT2D eigenvalue weighted by atomic mass is 10.2. The third-order valence-electron chi connectivity index (χ3n) is 2.16. The van der Waals surface area contributed by atoms with Crippen LogP contribution in [-0.4, -0.2) is 31.2 Å². The van der Waals surface area contributed by atoms with Crippen molar-refractivity contribution in [3.05, 3.63) is 24.3 Å². The van der Waals surface area contributed by atoms with E-state index in [2.05, 4.69) is 10.3 Å². The van der Waals surface area contributed by atoms with E-state index in [4.69, 9.17) is 15.2 Å². The molecule has 0 bridgehead atoms. The van der Waals surface area contributed by atoms with Crippen LogP contribution >= 0.6 is 0 Å². The number of nitrogens with two attached hydrogens (primary N) is 1. The number of guanidine groups is 1. The molecule has 0 aromatic heterocycles. The molecule has 6 nitrogen and oxygen atoms in total. The molecule has 0 aliphatic carbocycles. The summed E-state index contributed by atoms with van der Waals surface area (Å²) in [5, 5.41) is 2.88. The second-order valence-corrected chi connectivity index (χ2v) is 5.14. The maximum Gasteiger partial charge on any atom is 0.328 e. The minimum Gasteiger partial charge on any atom is -0.497 e. The van der Waals surface area contributed by atoms with Crippen LogP contribution in [0.1, 0.15) is 20.8 Å². The number of carbonyl (C=O) groups is 1. The third kappa shape index (κ3) is 6.08. The Morgan fingerprint density at radius 3 is 2.40 bits per heavy atom. The van der Waals surface area contributed by atoms with Crippen LogP contribution in [0.5, 0.6) is 5.75 Å².